The Bertz CT molecular complexity index is 394. The molecule has 1 aromatic carbocycles. The fraction of sp³-hybridized carbons (Fsp3) is 0.417. The first-order chi connectivity index (χ1) is 8.65. The van der Waals surface area contributed by atoms with Gasteiger partial charge in [-0.2, -0.15) is 0 Å². The number of halogens is 1. The second-order valence-corrected chi connectivity index (χ2v) is 3.40. The van der Waals surface area contributed by atoms with Crippen LogP contribution in [0.1, 0.15) is 10.4 Å². The van der Waals surface area contributed by atoms with Crippen LogP contribution in [-0.2, 0) is 9.47 Å². The molecule has 0 aromatic heterocycles. The van der Waals surface area contributed by atoms with Crippen molar-refractivity contribution < 1.29 is 28.5 Å². The summed E-state index contributed by atoms with van der Waals surface area (Å²) in [5.41, 5.74) is -0.376. The van der Waals surface area contributed by atoms with Crippen LogP contribution in [0.4, 0.5) is 4.39 Å². The van der Waals surface area contributed by atoms with Gasteiger partial charge in [-0.3, -0.25) is 0 Å². The van der Waals surface area contributed by atoms with Gasteiger partial charge in [0.25, 0.3) is 0 Å². The third-order valence-corrected chi connectivity index (χ3v) is 2.10. The fourth-order valence-electron chi connectivity index (χ4n) is 1.22. The van der Waals surface area contributed by atoms with E-state index in [0.717, 1.165) is 6.07 Å². The molecule has 0 atom stereocenters. The minimum Gasteiger partial charge on any atom is -0.491 e. The van der Waals surface area contributed by atoms with Gasteiger partial charge in [-0.15, -0.1) is 0 Å². The van der Waals surface area contributed by atoms with E-state index in [4.69, 9.17) is 19.3 Å². The summed E-state index contributed by atoms with van der Waals surface area (Å²) in [6.07, 6.45) is 0. The zero-order valence-corrected chi connectivity index (χ0v) is 10.0. The van der Waals surface area contributed by atoms with Crippen LogP contribution in [0.25, 0.3) is 0 Å². The van der Waals surface area contributed by atoms with E-state index in [1.54, 1.807) is 7.11 Å². The summed E-state index contributed by atoms with van der Waals surface area (Å²) >= 11 is 0. The molecular weight excluding hydrogens is 243 g/mol. The second kappa shape index (κ2) is 7.62. The maximum atomic E-state index is 13.3. The Kier molecular flexibility index (Phi) is 6.10. The molecule has 1 N–H and O–H groups in total. The molecule has 0 aliphatic heterocycles. The molecule has 0 heterocycles. The zero-order valence-electron chi connectivity index (χ0n) is 10.0. The van der Waals surface area contributed by atoms with Crippen LogP contribution in [0.3, 0.4) is 0 Å². The number of methoxy groups -OCH3 is 1. The molecule has 1 aromatic rings. The van der Waals surface area contributed by atoms with E-state index in [2.05, 4.69) is 0 Å². The monoisotopic (exact) mass is 258 g/mol. The van der Waals surface area contributed by atoms with Gasteiger partial charge < -0.3 is 19.3 Å². The number of aromatic carboxylic acids is 1. The highest BCUT2D eigenvalue weighted by Crippen LogP contribution is 2.16. The maximum absolute atomic E-state index is 13.3. The van der Waals surface area contributed by atoms with E-state index in [9.17, 15) is 9.18 Å². The number of hydrogen-bond acceptors (Lipinski definition) is 4. The average Bonchev–Trinajstić information content (AvgIpc) is 2.33. The Morgan fingerprint density at radius 1 is 1.28 bits per heavy atom. The van der Waals surface area contributed by atoms with Gasteiger partial charge in [0.1, 0.15) is 18.2 Å². The molecule has 0 saturated carbocycles. The largest absolute Gasteiger partial charge is 0.491 e. The molecule has 0 aliphatic rings. The molecule has 0 aliphatic carbocycles. The first kappa shape index (κ1) is 14.4. The van der Waals surface area contributed by atoms with Crippen molar-refractivity contribution in [2.45, 2.75) is 0 Å². The minimum atomic E-state index is -1.30. The number of ether oxygens (including phenoxy) is 3. The number of carboxylic acids is 1. The number of rotatable bonds is 8. The number of carbonyl (C=O) groups is 1. The Morgan fingerprint density at radius 2 is 2.00 bits per heavy atom. The summed E-state index contributed by atoms with van der Waals surface area (Å²) in [5.74, 6) is -1.85. The molecule has 0 amide bonds. The van der Waals surface area contributed by atoms with Gasteiger partial charge in [0.15, 0.2) is 0 Å². The predicted molar refractivity (Wildman–Crippen MR) is 61.5 cm³/mol. The van der Waals surface area contributed by atoms with Gasteiger partial charge >= 0.3 is 5.97 Å². The molecule has 0 radical (unpaired) electrons. The SMILES string of the molecule is COCCOCCOc1ccc(C(=O)O)c(F)c1. The Morgan fingerprint density at radius 3 is 2.61 bits per heavy atom. The average molecular weight is 258 g/mol. The molecule has 0 saturated heterocycles. The van der Waals surface area contributed by atoms with Crippen molar-refractivity contribution in [1.82, 2.24) is 0 Å². The van der Waals surface area contributed by atoms with Crippen molar-refractivity contribution in [2.24, 2.45) is 0 Å². The summed E-state index contributed by atoms with van der Waals surface area (Å²) in [5, 5.41) is 8.64. The van der Waals surface area contributed by atoms with Crippen molar-refractivity contribution >= 4 is 5.97 Å². The van der Waals surface area contributed by atoms with Gasteiger partial charge in [0.2, 0.25) is 0 Å². The first-order valence-electron chi connectivity index (χ1n) is 5.37. The molecule has 1 rings (SSSR count). The van der Waals surface area contributed by atoms with Crippen molar-refractivity contribution in [3.05, 3.63) is 29.6 Å². The Labute approximate surface area is 104 Å². The van der Waals surface area contributed by atoms with Crippen molar-refractivity contribution in [2.75, 3.05) is 33.5 Å². The smallest absolute Gasteiger partial charge is 0.338 e. The molecule has 0 fully saturated rings. The molecule has 5 nitrogen and oxygen atoms in total. The van der Waals surface area contributed by atoms with Crippen LogP contribution in [0.15, 0.2) is 18.2 Å². The van der Waals surface area contributed by atoms with E-state index in [0.29, 0.717) is 19.8 Å². The number of carboxylic acid groups (broad SMARTS) is 1. The summed E-state index contributed by atoms with van der Waals surface area (Å²) in [4.78, 5) is 10.6. The quantitative estimate of drug-likeness (QED) is 0.717. The van der Waals surface area contributed by atoms with Crippen molar-refractivity contribution in [1.29, 1.82) is 0 Å². The lowest BCUT2D eigenvalue weighted by Crippen LogP contribution is -2.10. The van der Waals surface area contributed by atoms with Crippen LogP contribution >= 0.6 is 0 Å². The lowest BCUT2D eigenvalue weighted by Gasteiger charge is -2.07. The zero-order chi connectivity index (χ0) is 13.4. The molecule has 100 valence electrons. The van der Waals surface area contributed by atoms with E-state index < -0.39 is 11.8 Å². The maximum Gasteiger partial charge on any atom is 0.338 e. The molecule has 0 unspecified atom stereocenters. The third kappa shape index (κ3) is 4.68. The van der Waals surface area contributed by atoms with E-state index in [1.165, 1.54) is 12.1 Å². The standard InChI is InChI=1S/C12H15FO5/c1-16-4-5-17-6-7-18-9-2-3-10(12(14)15)11(13)8-9/h2-3,8H,4-7H2,1H3,(H,14,15). The lowest BCUT2D eigenvalue weighted by molar-refractivity contribution is 0.0543. The summed E-state index contributed by atoms with van der Waals surface area (Å²) in [7, 11) is 1.58. The topological polar surface area (TPSA) is 65.0 Å². The van der Waals surface area contributed by atoms with Gasteiger partial charge in [0.05, 0.1) is 25.4 Å². The van der Waals surface area contributed by atoms with Crippen LogP contribution < -0.4 is 4.74 Å². The van der Waals surface area contributed by atoms with E-state index in [-0.39, 0.29) is 17.9 Å². The highest BCUT2D eigenvalue weighted by Gasteiger charge is 2.10. The molecule has 6 heteroatoms. The molecule has 0 spiro atoms. The highest BCUT2D eigenvalue weighted by molar-refractivity contribution is 5.88. The molecular formula is C12H15FO5. The van der Waals surface area contributed by atoms with Crippen LogP contribution in [0, 0.1) is 5.82 Å². The van der Waals surface area contributed by atoms with Gasteiger partial charge in [-0.1, -0.05) is 0 Å². The van der Waals surface area contributed by atoms with Crippen molar-refractivity contribution in [3.63, 3.8) is 0 Å². The number of hydrogen-bond donors (Lipinski definition) is 1. The van der Waals surface area contributed by atoms with Crippen molar-refractivity contribution in [3.8, 4) is 5.75 Å². The van der Waals surface area contributed by atoms with Gasteiger partial charge in [0, 0.05) is 13.2 Å². The normalized spacial score (nSPS) is 10.3. The van der Waals surface area contributed by atoms with Crippen LogP contribution in [0.5, 0.6) is 5.75 Å². The Balaban J connectivity index is 2.35. The Hall–Kier alpha value is -1.66. The molecule has 0 bridgehead atoms. The summed E-state index contributed by atoms with van der Waals surface area (Å²) in [6.45, 7) is 1.58. The summed E-state index contributed by atoms with van der Waals surface area (Å²) < 4.78 is 28.4. The van der Waals surface area contributed by atoms with Crippen LogP contribution in [0.2, 0.25) is 0 Å². The molecule has 18 heavy (non-hydrogen) atoms. The third-order valence-electron chi connectivity index (χ3n) is 2.10. The minimum absolute atomic E-state index is 0.259. The number of benzene rings is 1. The predicted octanol–water partition coefficient (Wildman–Crippen LogP) is 1.57. The summed E-state index contributed by atoms with van der Waals surface area (Å²) in [6, 6.07) is 3.61. The first-order valence-corrected chi connectivity index (χ1v) is 5.37. The highest BCUT2D eigenvalue weighted by atomic mass is 19.1. The van der Waals surface area contributed by atoms with E-state index in [1.807, 2.05) is 0 Å². The van der Waals surface area contributed by atoms with E-state index >= 15 is 0 Å². The lowest BCUT2D eigenvalue weighted by atomic mass is 10.2. The second-order valence-electron chi connectivity index (χ2n) is 3.40. The van der Waals surface area contributed by atoms with Gasteiger partial charge in [-0.25, -0.2) is 9.18 Å². The van der Waals surface area contributed by atoms with Gasteiger partial charge in [-0.05, 0) is 12.1 Å². The van der Waals surface area contributed by atoms with Crippen LogP contribution in [-0.4, -0.2) is 44.6 Å². The fourth-order valence-corrected chi connectivity index (χ4v) is 1.22.